The molecule has 0 spiro atoms. The van der Waals surface area contributed by atoms with Crippen LogP contribution in [0.5, 0.6) is 0 Å². The second-order valence-electron chi connectivity index (χ2n) is 5.13. The number of aliphatic hydroxyl groups excluding tert-OH is 1. The molecule has 3 atom stereocenters. The molecule has 2 aliphatic heterocycles. The Bertz CT molecular complexity index is 253. The topological polar surface area (TPSA) is 69.7 Å². The Kier molecular flexibility index (Phi) is 4.94. The average molecular weight is 262 g/mol. The zero-order valence-electron chi connectivity index (χ0n) is 11.0. The van der Waals surface area contributed by atoms with Gasteiger partial charge in [0.05, 0.1) is 39.6 Å². The van der Waals surface area contributed by atoms with E-state index >= 15 is 0 Å². The zero-order chi connectivity index (χ0) is 13.0. The van der Waals surface area contributed by atoms with Crippen LogP contribution in [-0.4, -0.2) is 68.8 Å². The average Bonchev–Trinajstić information content (AvgIpc) is 3.04. The van der Waals surface area contributed by atoms with Gasteiger partial charge in [0.1, 0.15) is 18.3 Å². The fourth-order valence-corrected chi connectivity index (χ4v) is 1.73. The van der Waals surface area contributed by atoms with Crippen molar-refractivity contribution in [1.29, 1.82) is 0 Å². The lowest BCUT2D eigenvalue weighted by atomic mass is 10.4. The van der Waals surface area contributed by atoms with Gasteiger partial charge >= 0.3 is 0 Å². The molecule has 2 heterocycles. The summed E-state index contributed by atoms with van der Waals surface area (Å²) >= 11 is 0. The van der Waals surface area contributed by atoms with Crippen LogP contribution in [0.2, 0.25) is 0 Å². The normalized spacial score (nSPS) is 31.5. The number of ether oxygens (including phenoxy) is 5. The van der Waals surface area contributed by atoms with Gasteiger partial charge in [-0.2, -0.15) is 0 Å². The molecule has 18 heavy (non-hydrogen) atoms. The lowest BCUT2D eigenvalue weighted by Crippen LogP contribution is -2.28. The van der Waals surface area contributed by atoms with Gasteiger partial charge < -0.3 is 28.8 Å². The van der Waals surface area contributed by atoms with E-state index in [2.05, 4.69) is 0 Å². The minimum atomic E-state index is -0.612. The summed E-state index contributed by atoms with van der Waals surface area (Å²) in [4.78, 5) is 0. The van der Waals surface area contributed by atoms with E-state index in [-0.39, 0.29) is 25.4 Å². The Morgan fingerprint density at radius 3 is 2.28 bits per heavy atom. The largest absolute Gasteiger partial charge is 0.388 e. The molecular formula is C12H22O6. The van der Waals surface area contributed by atoms with Crippen LogP contribution >= 0.6 is 0 Å². The summed E-state index contributed by atoms with van der Waals surface area (Å²) in [7, 11) is 0. The molecule has 106 valence electrons. The van der Waals surface area contributed by atoms with E-state index < -0.39 is 11.9 Å². The summed E-state index contributed by atoms with van der Waals surface area (Å²) in [5.74, 6) is -0.528. The van der Waals surface area contributed by atoms with Crippen molar-refractivity contribution < 1.29 is 28.8 Å². The summed E-state index contributed by atoms with van der Waals surface area (Å²) in [6.45, 7) is 6.52. The third-order valence-corrected chi connectivity index (χ3v) is 2.70. The van der Waals surface area contributed by atoms with Crippen molar-refractivity contribution in [3.05, 3.63) is 0 Å². The first-order valence-corrected chi connectivity index (χ1v) is 6.32. The van der Waals surface area contributed by atoms with Gasteiger partial charge in [-0.1, -0.05) is 0 Å². The maximum absolute atomic E-state index is 9.60. The van der Waals surface area contributed by atoms with E-state index in [4.69, 9.17) is 23.7 Å². The molecule has 6 nitrogen and oxygen atoms in total. The molecule has 0 aromatic carbocycles. The predicted molar refractivity (Wildman–Crippen MR) is 62.3 cm³/mol. The van der Waals surface area contributed by atoms with E-state index in [1.165, 1.54) is 0 Å². The van der Waals surface area contributed by atoms with Crippen molar-refractivity contribution in [3.63, 3.8) is 0 Å². The lowest BCUT2D eigenvalue weighted by molar-refractivity contribution is -0.146. The van der Waals surface area contributed by atoms with Crippen LogP contribution in [0.25, 0.3) is 0 Å². The summed E-state index contributed by atoms with van der Waals surface area (Å²) < 4.78 is 26.6. The third-order valence-electron chi connectivity index (χ3n) is 2.70. The monoisotopic (exact) mass is 262 g/mol. The Labute approximate surface area is 107 Å². The number of rotatable bonds is 8. The van der Waals surface area contributed by atoms with Crippen molar-refractivity contribution in [2.24, 2.45) is 0 Å². The van der Waals surface area contributed by atoms with Gasteiger partial charge in [-0.25, -0.2) is 0 Å². The highest BCUT2D eigenvalue weighted by atomic mass is 16.7. The van der Waals surface area contributed by atoms with Crippen molar-refractivity contribution in [2.75, 3.05) is 39.6 Å². The van der Waals surface area contributed by atoms with Gasteiger partial charge in [0.15, 0.2) is 5.79 Å². The highest BCUT2D eigenvalue weighted by Gasteiger charge is 2.32. The molecule has 0 saturated carbocycles. The minimum absolute atomic E-state index is 0.0621. The molecule has 3 unspecified atom stereocenters. The van der Waals surface area contributed by atoms with Crippen molar-refractivity contribution in [2.45, 2.75) is 37.9 Å². The van der Waals surface area contributed by atoms with Crippen LogP contribution in [0.15, 0.2) is 0 Å². The van der Waals surface area contributed by atoms with Crippen LogP contribution in [0, 0.1) is 0 Å². The predicted octanol–water partition coefficient (Wildman–Crippen LogP) is -0.0692. The number of hydrogen-bond acceptors (Lipinski definition) is 6. The fraction of sp³-hybridized carbons (Fsp3) is 1.00. The molecule has 2 aliphatic rings. The molecule has 0 aliphatic carbocycles. The first-order chi connectivity index (χ1) is 8.55. The molecule has 0 bridgehead atoms. The van der Waals surface area contributed by atoms with Gasteiger partial charge in [-0.05, 0) is 13.8 Å². The Balaban J connectivity index is 1.46. The van der Waals surface area contributed by atoms with Crippen LogP contribution in [0.1, 0.15) is 13.8 Å². The summed E-state index contributed by atoms with van der Waals surface area (Å²) in [6, 6.07) is 0. The molecule has 0 aromatic heterocycles. The maximum atomic E-state index is 9.60. The van der Waals surface area contributed by atoms with Gasteiger partial charge in [-0.15, -0.1) is 0 Å². The smallest absolute Gasteiger partial charge is 0.163 e. The molecule has 0 radical (unpaired) electrons. The van der Waals surface area contributed by atoms with Crippen LogP contribution in [0.4, 0.5) is 0 Å². The first-order valence-electron chi connectivity index (χ1n) is 6.32. The first kappa shape index (κ1) is 14.2. The quantitative estimate of drug-likeness (QED) is 0.618. The lowest BCUT2D eigenvalue weighted by Gasteiger charge is -2.17. The van der Waals surface area contributed by atoms with E-state index in [0.29, 0.717) is 19.8 Å². The maximum Gasteiger partial charge on any atom is 0.163 e. The van der Waals surface area contributed by atoms with E-state index in [9.17, 15) is 5.11 Å². The minimum Gasteiger partial charge on any atom is -0.388 e. The van der Waals surface area contributed by atoms with Gasteiger partial charge in [0.2, 0.25) is 0 Å². The van der Waals surface area contributed by atoms with Crippen molar-refractivity contribution in [3.8, 4) is 0 Å². The summed E-state index contributed by atoms with van der Waals surface area (Å²) in [6.07, 6.45) is -0.448. The molecule has 2 fully saturated rings. The Morgan fingerprint density at radius 2 is 1.78 bits per heavy atom. The van der Waals surface area contributed by atoms with Crippen LogP contribution in [0.3, 0.4) is 0 Å². The standard InChI is InChI=1S/C12H22O6/c1-12(2)17-8-11(18-12)6-15-4-9(13)3-14-5-10-7-16-10/h9-11,13H,3-8H2,1-2H3. The number of aliphatic hydroxyl groups is 1. The summed E-state index contributed by atoms with van der Waals surface area (Å²) in [5.41, 5.74) is 0. The molecule has 1 N–H and O–H groups in total. The van der Waals surface area contributed by atoms with E-state index in [0.717, 1.165) is 6.61 Å². The molecule has 0 aromatic rings. The SMILES string of the molecule is CC1(C)OCC(COCC(O)COCC2CO2)O1. The molecular weight excluding hydrogens is 240 g/mol. The second-order valence-corrected chi connectivity index (χ2v) is 5.13. The van der Waals surface area contributed by atoms with Gasteiger partial charge in [-0.3, -0.25) is 0 Å². The Hall–Kier alpha value is -0.240. The number of epoxide rings is 1. The molecule has 2 rings (SSSR count). The third kappa shape index (κ3) is 5.17. The number of hydrogen-bond donors (Lipinski definition) is 1. The fourth-order valence-electron chi connectivity index (χ4n) is 1.73. The Morgan fingerprint density at radius 1 is 1.17 bits per heavy atom. The second kappa shape index (κ2) is 6.27. The van der Waals surface area contributed by atoms with Gasteiger partial charge in [0.25, 0.3) is 0 Å². The highest BCUT2D eigenvalue weighted by molar-refractivity contribution is 4.70. The van der Waals surface area contributed by atoms with Gasteiger partial charge in [0, 0.05) is 0 Å². The molecule has 0 amide bonds. The van der Waals surface area contributed by atoms with E-state index in [1.54, 1.807) is 0 Å². The summed E-state index contributed by atoms with van der Waals surface area (Å²) in [5, 5.41) is 9.60. The zero-order valence-corrected chi connectivity index (χ0v) is 11.0. The molecule has 6 heteroatoms. The van der Waals surface area contributed by atoms with Crippen molar-refractivity contribution in [1.82, 2.24) is 0 Å². The van der Waals surface area contributed by atoms with Crippen LogP contribution < -0.4 is 0 Å². The van der Waals surface area contributed by atoms with E-state index in [1.807, 2.05) is 13.8 Å². The van der Waals surface area contributed by atoms with Crippen molar-refractivity contribution >= 4 is 0 Å². The van der Waals surface area contributed by atoms with Crippen LogP contribution in [-0.2, 0) is 23.7 Å². The molecule has 2 saturated heterocycles. The highest BCUT2D eigenvalue weighted by Crippen LogP contribution is 2.22.